The molecule has 1 aromatic heterocycles. The minimum Gasteiger partial charge on any atom is -0.477 e. The number of nitrogens with one attached hydrogen (secondary N) is 1. The second-order valence-corrected chi connectivity index (χ2v) is 7.97. The number of aromatic nitrogens is 2. The average Bonchev–Trinajstić information content (AvgIpc) is 3.11. The summed E-state index contributed by atoms with van der Waals surface area (Å²) in [4.78, 5) is 27.0. The molecule has 0 aliphatic rings. The Morgan fingerprint density at radius 1 is 1.23 bits per heavy atom. The zero-order valence-corrected chi connectivity index (χ0v) is 18.5. The third-order valence-electron chi connectivity index (χ3n) is 4.53. The number of benzene rings is 2. The molecule has 0 aliphatic carbocycles. The number of anilines is 1. The number of rotatable bonds is 7. The first-order valence-corrected chi connectivity index (χ1v) is 10.2. The summed E-state index contributed by atoms with van der Waals surface area (Å²) in [5.74, 6) is -1.57. The van der Waals surface area contributed by atoms with Crippen molar-refractivity contribution in [3.05, 3.63) is 69.7 Å². The second kappa shape index (κ2) is 9.55. The molecule has 1 heterocycles. The summed E-state index contributed by atoms with van der Waals surface area (Å²) in [5, 5.41) is 26.4. The van der Waals surface area contributed by atoms with Crippen molar-refractivity contribution < 1.29 is 14.7 Å². The number of likely N-dealkylation sites (N-methyl/N-ethyl adjacent to an activating group) is 1. The lowest BCUT2D eigenvalue weighted by molar-refractivity contribution is 0.0698. The Bertz CT molecular complexity index is 1160. The van der Waals surface area contributed by atoms with Gasteiger partial charge in [-0.25, -0.2) is 9.48 Å². The van der Waals surface area contributed by atoms with Gasteiger partial charge in [-0.15, -0.1) is 0 Å². The predicted molar refractivity (Wildman–Crippen MR) is 120 cm³/mol. The van der Waals surface area contributed by atoms with E-state index >= 15 is 0 Å². The van der Waals surface area contributed by atoms with Crippen LogP contribution in [-0.2, 0) is 6.54 Å². The standard InChI is InChI=1S/C22H20BrN5O3/c1-27(2)10-11-28-20(25-21(29)15-6-8-17(23)9-7-15)18(22(30)31)19(26-28)16-5-3-4-14(12-16)13-24/h3-9,12H,10-11H2,1-2H3,(H,25,29)(H,30,31). The number of aromatic carboxylic acids is 1. The molecule has 3 rings (SSSR count). The Hall–Kier alpha value is -3.48. The number of carbonyl (C=O) groups excluding carboxylic acids is 1. The van der Waals surface area contributed by atoms with Crippen LogP contribution in [0.25, 0.3) is 11.3 Å². The maximum Gasteiger partial charge on any atom is 0.341 e. The molecule has 3 aromatic rings. The summed E-state index contributed by atoms with van der Waals surface area (Å²) in [7, 11) is 3.78. The zero-order valence-electron chi connectivity index (χ0n) is 17.0. The molecule has 2 aromatic carbocycles. The van der Waals surface area contributed by atoms with E-state index in [1.54, 1.807) is 48.5 Å². The molecule has 9 heteroatoms. The first-order chi connectivity index (χ1) is 14.8. The topological polar surface area (TPSA) is 111 Å². The lowest BCUT2D eigenvalue weighted by Crippen LogP contribution is -2.22. The van der Waals surface area contributed by atoms with Crippen LogP contribution in [0.5, 0.6) is 0 Å². The first-order valence-electron chi connectivity index (χ1n) is 9.36. The maximum atomic E-state index is 12.8. The van der Waals surface area contributed by atoms with Gasteiger partial charge in [0.25, 0.3) is 5.91 Å². The smallest absolute Gasteiger partial charge is 0.341 e. The van der Waals surface area contributed by atoms with Gasteiger partial charge < -0.3 is 15.3 Å². The molecule has 0 unspecified atom stereocenters. The molecule has 2 N–H and O–H groups in total. The van der Waals surface area contributed by atoms with Crippen LogP contribution < -0.4 is 5.32 Å². The molecule has 0 saturated carbocycles. The average molecular weight is 482 g/mol. The van der Waals surface area contributed by atoms with Crippen molar-refractivity contribution in [1.82, 2.24) is 14.7 Å². The van der Waals surface area contributed by atoms with Crippen LogP contribution in [0.1, 0.15) is 26.3 Å². The monoisotopic (exact) mass is 481 g/mol. The van der Waals surface area contributed by atoms with Gasteiger partial charge in [0.15, 0.2) is 0 Å². The van der Waals surface area contributed by atoms with Crippen molar-refractivity contribution in [2.45, 2.75) is 6.54 Å². The third kappa shape index (κ3) is 5.17. The van der Waals surface area contributed by atoms with E-state index in [9.17, 15) is 20.0 Å². The predicted octanol–water partition coefficient (Wildman–Crippen LogP) is 3.70. The van der Waals surface area contributed by atoms with E-state index in [2.05, 4.69) is 26.3 Å². The molecule has 0 atom stereocenters. The molecule has 0 aliphatic heterocycles. The highest BCUT2D eigenvalue weighted by atomic mass is 79.9. The van der Waals surface area contributed by atoms with Crippen molar-refractivity contribution in [3.8, 4) is 17.3 Å². The van der Waals surface area contributed by atoms with Gasteiger partial charge in [0.2, 0.25) is 0 Å². The summed E-state index contributed by atoms with van der Waals surface area (Å²) in [6, 6.07) is 15.3. The number of amides is 1. The summed E-state index contributed by atoms with van der Waals surface area (Å²) in [6.45, 7) is 0.945. The second-order valence-electron chi connectivity index (χ2n) is 7.06. The highest BCUT2D eigenvalue weighted by Gasteiger charge is 2.26. The number of carboxylic acids is 1. The molecule has 0 fully saturated rings. The zero-order chi connectivity index (χ0) is 22.5. The molecule has 158 valence electrons. The summed E-state index contributed by atoms with van der Waals surface area (Å²) in [5.41, 5.74) is 1.32. The van der Waals surface area contributed by atoms with Crippen molar-refractivity contribution >= 4 is 33.6 Å². The Morgan fingerprint density at radius 2 is 1.94 bits per heavy atom. The van der Waals surface area contributed by atoms with E-state index in [-0.39, 0.29) is 17.1 Å². The number of halogens is 1. The molecular weight excluding hydrogens is 462 g/mol. The Morgan fingerprint density at radius 3 is 2.55 bits per heavy atom. The summed E-state index contributed by atoms with van der Waals surface area (Å²) in [6.07, 6.45) is 0. The van der Waals surface area contributed by atoms with Crippen molar-refractivity contribution in [3.63, 3.8) is 0 Å². The molecule has 31 heavy (non-hydrogen) atoms. The van der Waals surface area contributed by atoms with Crippen LogP contribution in [0.4, 0.5) is 5.82 Å². The van der Waals surface area contributed by atoms with Gasteiger partial charge >= 0.3 is 5.97 Å². The molecule has 1 amide bonds. The number of nitrogens with zero attached hydrogens (tertiary/aromatic N) is 4. The molecule has 0 radical (unpaired) electrons. The Balaban J connectivity index is 2.11. The number of carbonyl (C=O) groups is 2. The fraction of sp³-hybridized carbons (Fsp3) is 0.182. The molecule has 0 bridgehead atoms. The van der Waals surface area contributed by atoms with Gasteiger partial charge in [-0.2, -0.15) is 10.4 Å². The van der Waals surface area contributed by atoms with Gasteiger partial charge in [-0.1, -0.05) is 28.1 Å². The van der Waals surface area contributed by atoms with E-state index in [4.69, 9.17) is 0 Å². The van der Waals surface area contributed by atoms with Crippen LogP contribution in [-0.4, -0.2) is 52.3 Å². The fourth-order valence-corrected chi connectivity index (χ4v) is 3.23. The van der Waals surface area contributed by atoms with Crippen LogP contribution in [0.15, 0.2) is 53.0 Å². The van der Waals surface area contributed by atoms with E-state index in [0.29, 0.717) is 29.8 Å². The first kappa shape index (κ1) is 22.2. The van der Waals surface area contributed by atoms with Crippen molar-refractivity contribution in [1.29, 1.82) is 5.26 Å². The van der Waals surface area contributed by atoms with Crippen molar-refractivity contribution in [2.24, 2.45) is 0 Å². The van der Waals surface area contributed by atoms with E-state index in [0.717, 1.165) is 4.47 Å². The maximum absolute atomic E-state index is 12.8. The summed E-state index contributed by atoms with van der Waals surface area (Å²) < 4.78 is 2.31. The number of hydrogen-bond acceptors (Lipinski definition) is 5. The molecular formula is C22H20BrN5O3. The van der Waals surface area contributed by atoms with Crippen LogP contribution >= 0.6 is 15.9 Å². The number of carboxylic acid groups (broad SMARTS) is 1. The Kier molecular flexibility index (Phi) is 6.84. The Labute approximate surface area is 187 Å². The lowest BCUT2D eigenvalue weighted by Gasteiger charge is -2.13. The van der Waals surface area contributed by atoms with E-state index in [1.807, 2.05) is 25.1 Å². The SMILES string of the molecule is CN(C)CCn1nc(-c2cccc(C#N)c2)c(C(=O)O)c1NC(=O)c1ccc(Br)cc1. The third-order valence-corrected chi connectivity index (χ3v) is 5.06. The largest absolute Gasteiger partial charge is 0.477 e. The minimum absolute atomic E-state index is 0.0969. The molecule has 8 nitrogen and oxygen atoms in total. The normalized spacial score (nSPS) is 10.7. The highest BCUT2D eigenvalue weighted by Crippen LogP contribution is 2.30. The van der Waals surface area contributed by atoms with Crippen LogP contribution in [0.2, 0.25) is 0 Å². The van der Waals surface area contributed by atoms with Crippen LogP contribution in [0, 0.1) is 11.3 Å². The van der Waals surface area contributed by atoms with Crippen LogP contribution in [0.3, 0.4) is 0 Å². The van der Waals surface area contributed by atoms with Gasteiger partial charge in [0.1, 0.15) is 17.1 Å². The lowest BCUT2D eigenvalue weighted by atomic mass is 10.0. The number of hydrogen-bond donors (Lipinski definition) is 2. The number of nitriles is 1. The fourth-order valence-electron chi connectivity index (χ4n) is 2.97. The minimum atomic E-state index is -1.22. The molecule has 0 saturated heterocycles. The van der Waals surface area contributed by atoms with Gasteiger partial charge in [0.05, 0.1) is 18.2 Å². The van der Waals surface area contributed by atoms with Gasteiger partial charge in [-0.05, 0) is 50.5 Å². The molecule has 0 spiro atoms. The van der Waals surface area contributed by atoms with E-state index in [1.165, 1.54) is 4.68 Å². The summed E-state index contributed by atoms with van der Waals surface area (Å²) >= 11 is 3.33. The highest BCUT2D eigenvalue weighted by molar-refractivity contribution is 9.10. The van der Waals surface area contributed by atoms with Gasteiger partial charge in [-0.3, -0.25) is 4.79 Å². The van der Waals surface area contributed by atoms with Gasteiger partial charge in [0, 0.05) is 22.1 Å². The van der Waals surface area contributed by atoms with E-state index < -0.39 is 11.9 Å². The van der Waals surface area contributed by atoms with Crippen molar-refractivity contribution in [2.75, 3.05) is 26.0 Å². The quantitative estimate of drug-likeness (QED) is 0.532.